The average molecular weight is 418 g/mol. The summed E-state index contributed by atoms with van der Waals surface area (Å²) in [6.45, 7) is 5.94. The first-order valence-electron chi connectivity index (χ1n) is 10.3. The molecule has 1 unspecified atom stereocenters. The van der Waals surface area contributed by atoms with E-state index in [9.17, 15) is 5.26 Å². The molecule has 31 heavy (non-hydrogen) atoms. The Kier molecular flexibility index (Phi) is 7.40. The van der Waals surface area contributed by atoms with Gasteiger partial charge in [0.25, 0.3) is 0 Å². The average Bonchev–Trinajstić information content (AvgIpc) is 3.09. The number of nitrogens with zero attached hydrogens (tertiary/aromatic N) is 5. The van der Waals surface area contributed by atoms with Crippen LogP contribution in [0.2, 0.25) is 0 Å². The highest BCUT2D eigenvalue weighted by Crippen LogP contribution is 2.22. The number of hydrogen-bond acceptors (Lipinski definition) is 9. The molecule has 5 N–H and O–H groups in total. The summed E-state index contributed by atoms with van der Waals surface area (Å²) in [5.74, 6) is 0.286. The highest BCUT2D eigenvalue weighted by molar-refractivity contribution is 6.13. The quantitative estimate of drug-likeness (QED) is 0.506. The number of hydrogen-bond donors (Lipinski definition) is 4. The number of nitrogen functional groups attached to an aromatic ring is 1. The lowest BCUT2D eigenvalue weighted by Gasteiger charge is -2.22. The first-order valence-corrected chi connectivity index (χ1v) is 10.3. The molecule has 160 valence electrons. The molecule has 3 rings (SSSR count). The zero-order valence-electron chi connectivity index (χ0n) is 17.6. The Balaban J connectivity index is 1.99. The minimum atomic E-state index is -0.398. The van der Waals surface area contributed by atoms with Gasteiger partial charge >= 0.3 is 0 Å². The lowest BCUT2D eigenvalue weighted by atomic mass is 10.00. The molecule has 9 heteroatoms. The maximum Gasteiger partial charge on any atom is 0.130 e. The van der Waals surface area contributed by atoms with E-state index in [4.69, 9.17) is 16.6 Å². The Morgan fingerprint density at radius 1 is 1.39 bits per heavy atom. The number of anilines is 2. The standard InChI is InChI=1S/C22H27N9/c1-2-27-13-16(12-24)19-10-17(18(25)14-29-19)22(26)20-8-15(11-23)9-21(30-20)31-6-3-4-28-5-7-31/h8-10,12-14,16,24,26,28H,2-7,25H2,1H3. The Hall–Kier alpha value is -3.64. The molecule has 3 heterocycles. The zero-order valence-corrected chi connectivity index (χ0v) is 17.6. The fourth-order valence-corrected chi connectivity index (χ4v) is 3.39. The van der Waals surface area contributed by atoms with Crippen LogP contribution in [0.1, 0.15) is 41.8 Å². The van der Waals surface area contributed by atoms with E-state index in [1.165, 1.54) is 12.4 Å². The molecule has 9 nitrogen and oxygen atoms in total. The Morgan fingerprint density at radius 3 is 2.97 bits per heavy atom. The molecule has 1 saturated heterocycles. The van der Waals surface area contributed by atoms with Crippen molar-refractivity contribution in [1.82, 2.24) is 15.3 Å². The number of aliphatic imine (C=N–C) groups is 1. The molecular formula is C22H27N9. The van der Waals surface area contributed by atoms with Crippen LogP contribution in [0.15, 0.2) is 29.4 Å². The summed E-state index contributed by atoms with van der Waals surface area (Å²) in [5, 5.41) is 29.3. The second-order valence-corrected chi connectivity index (χ2v) is 7.21. The number of rotatable bonds is 7. The molecule has 0 spiro atoms. The summed E-state index contributed by atoms with van der Waals surface area (Å²) in [5.41, 5.74) is 8.46. The van der Waals surface area contributed by atoms with Gasteiger partial charge < -0.3 is 21.4 Å². The lowest BCUT2D eigenvalue weighted by molar-refractivity contribution is 0.724. The minimum Gasteiger partial charge on any atom is -0.397 e. The first-order chi connectivity index (χ1) is 15.1. The van der Waals surface area contributed by atoms with Gasteiger partial charge in [0.15, 0.2) is 0 Å². The molecule has 0 saturated carbocycles. The molecule has 0 radical (unpaired) electrons. The van der Waals surface area contributed by atoms with E-state index in [0.29, 0.717) is 40.6 Å². The predicted octanol–water partition coefficient (Wildman–Crippen LogP) is 1.97. The maximum atomic E-state index is 9.53. The van der Waals surface area contributed by atoms with Gasteiger partial charge in [-0.15, -0.1) is 0 Å². The topological polar surface area (TPSA) is 151 Å². The van der Waals surface area contributed by atoms with Crippen molar-refractivity contribution >= 4 is 29.6 Å². The van der Waals surface area contributed by atoms with Crippen molar-refractivity contribution in [1.29, 1.82) is 16.1 Å². The molecule has 0 bridgehead atoms. The Morgan fingerprint density at radius 2 is 2.23 bits per heavy atom. The molecule has 1 fully saturated rings. The number of pyridine rings is 2. The van der Waals surface area contributed by atoms with E-state index in [1.807, 2.05) is 6.92 Å². The van der Waals surface area contributed by atoms with Gasteiger partial charge in [0.1, 0.15) is 5.82 Å². The number of nitrogens with two attached hydrogens (primary N) is 1. The third kappa shape index (κ3) is 5.29. The van der Waals surface area contributed by atoms with E-state index < -0.39 is 5.92 Å². The molecular weight excluding hydrogens is 390 g/mol. The largest absolute Gasteiger partial charge is 0.397 e. The second kappa shape index (κ2) is 10.4. The monoisotopic (exact) mass is 417 g/mol. The summed E-state index contributed by atoms with van der Waals surface area (Å²) in [6.07, 6.45) is 5.39. The molecule has 0 aliphatic carbocycles. The van der Waals surface area contributed by atoms with Crippen LogP contribution in [0, 0.1) is 22.1 Å². The molecule has 2 aromatic rings. The van der Waals surface area contributed by atoms with Crippen LogP contribution >= 0.6 is 0 Å². The zero-order chi connectivity index (χ0) is 22.2. The lowest BCUT2D eigenvalue weighted by Crippen LogP contribution is -2.29. The molecule has 0 amide bonds. The van der Waals surface area contributed by atoms with Gasteiger partial charge in [0.05, 0.1) is 46.5 Å². The minimum absolute atomic E-state index is 0.114. The van der Waals surface area contributed by atoms with Gasteiger partial charge in [-0.3, -0.25) is 15.4 Å². The summed E-state index contributed by atoms with van der Waals surface area (Å²) in [4.78, 5) is 15.3. The highest BCUT2D eigenvalue weighted by Gasteiger charge is 2.18. The van der Waals surface area contributed by atoms with Crippen LogP contribution in [0.4, 0.5) is 11.5 Å². The van der Waals surface area contributed by atoms with E-state index >= 15 is 0 Å². The van der Waals surface area contributed by atoms with Crippen molar-refractivity contribution in [2.24, 2.45) is 4.99 Å². The van der Waals surface area contributed by atoms with E-state index in [0.717, 1.165) is 32.6 Å². The number of nitriles is 1. The van der Waals surface area contributed by atoms with Crippen molar-refractivity contribution < 1.29 is 0 Å². The third-order valence-electron chi connectivity index (χ3n) is 5.06. The van der Waals surface area contributed by atoms with Crippen molar-refractivity contribution in [3.05, 3.63) is 46.9 Å². The van der Waals surface area contributed by atoms with Crippen molar-refractivity contribution in [3.8, 4) is 6.07 Å². The van der Waals surface area contributed by atoms with Crippen LogP contribution in [0.3, 0.4) is 0 Å². The van der Waals surface area contributed by atoms with Crippen LogP contribution in [-0.4, -0.2) is 60.8 Å². The van der Waals surface area contributed by atoms with Crippen molar-refractivity contribution in [2.75, 3.05) is 43.4 Å². The summed E-state index contributed by atoms with van der Waals surface area (Å²) >= 11 is 0. The van der Waals surface area contributed by atoms with E-state index in [2.05, 4.69) is 31.2 Å². The molecule has 2 aromatic heterocycles. The van der Waals surface area contributed by atoms with Crippen LogP contribution in [-0.2, 0) is 0 Å². The fourth-order valence-electron chi connectivity index (χ4n) is 3.39. The molecule has 1 atom stereocenters. The Labute approximate surface area is 182 Å². The van der Waals surface area contributed by atoms with E-state index in [1.54, 1.807) is 24.4 Å². The van der Waals surface area contributed by atoms with Gasteiger partial charge in [-0.25, -0.2) is 4.98 Å². The van der Waals surface area contributed by atoms with E-state index in [-0.39, 0.29) is 5.71 Å². The highest BCUT2D eigenvalue weighted by atomic mass is 15.2. The summed E-state index contributed by atoms with van der Waals surface area (Å²) in [6, 6.07) is 7.24. The fraction of sp³-hybridized carbons (Fsp3) is 0.364. The van der Waals surface area contributed by atoms with Gasteiger partial charge in [-0.2, -0.15) is 5.26 Å². The van der Waals surface area contributed by atoms with Gasteiger partial charge in [-0.05, 0) is 38.1 Å². The SMILES string of the molecule is CCN=CC(C=N)c1cc(C(=N)c2cc(C#N)cc(N3CCCNCC3)n2)c(N)cn1. The predicted molar refractivity (Wildman–Crippen MR) is 124 cm³/mol. The molecule has 0 aromatic carbocycles. The maximum absolute atomic E-state index is 9.53. The number of nitrogens with one attached hydrogen (secondary N) is 3. The van der Waals surface area contributed by atoms with Crippen LogP contribution in [0.25, 0.3) is 0 Å². The smallest absolute Gasteiger partial charge is 0.130 e. The van der Waals surface area contributed by atoms with Gasteiger partial charge in [-0.1, -0.05) is 0 Å². The first kappa shape index (κ1) is 22.1. The molecule has 1 aliphatic rings. The summed E-state index contributed by atoms with van der Waals surface area (Å²) in [7, 11) is 0. The van der Waals surface area contributed by atoms with Gasteiger partial charge in [0.2, 0.25) is 0 Å². The number of aromatic nitrogens is 2. The van der Waals surface area contributed by atoms with Crippen LogP contribution < -0.4 is 16.0 Å². The molecule has 1 aliphatic heterocycles. The third-order valence-corrected chi connectivity index (χ3v) is 5.06. The normalized spacial score (nSPS) is 15.3. The Bertz CT molecular complexity index is 1010. The van der Waals surface area contributed by atoms with Crippen molar-refractivity contribution in [2.45, 2.75) is 19.3 Å². The van der Waals surface area contributed by atoms with Crippen molar-refractivity contribution in [3.63, 3.8) is 0 Å². The van der Waals surface area contributed by atoms with Crippen LogP contribution in [0.5, 0.6) is 0 Å². The second-order valence-electron chi connectivity index (χ2n) is 7.21. The van der Waals surface area contributed by atoms with Gasteiger partial charge in [0, 0.05) is 44.2 Å². The summed E-state index contributed by atoms with van der Waals surface area (Å²) < 4.78 is 0.